The average Bonchev–Trinajstić information content (AvgIpc) is 3.11. The molecule has 0 bridgehead atoms. The molecule has 3 rings (SSSR count). The van der Waals surface area contributed by atoms with E-state index in [1.807, 2.05) is 30.3 Å². The van der Waals surface area contributed by atoms with Gasteiger partial charge in [0.15, 0.2) is 0 Å². The molecule has 0 aliphatic rings. The maximum absolute atomic E-state index is 13.6. The number of anilines is 1. The molecule has 2 amide bonds. The van der Waals surface area contributed by atoms with Crippen LogP contribution in [0.4, 0.5) is 9.52 Å². The summed E-state index contributed by atoms with van der Waals surface area (Å²) in [5, 5.41) is 14.0. The number of amides is 2. The van der Waals surface area contributed by atoms with Crippen molar-refractivity contribution in [3.05, 3.63) is 66.0 Å². The number of halogens is 1. The first-order valence-corrected chi connectivity index (χ1v) is 8.61. The first-order chi connectivity index (χ1) is 12.5. The number of hydrogen-bond acceptors (Lipinski definition) is 5. The summed E-state index contributed by atoms with van der Waals surface area (Å²) >= 11 is 1.22. The maximum Gasteiger partial charge on any atom is 0.254 e. The summed E-state index contributed by atoms with van der Waals surface area (Å²) in [7, 11) is 0. The molecule has 8 heteroatoms. The van der Waals surface area contributed by atoms with Crippen molar-refractivity contribution >= 4 is 28.3 Å². The summed E-state index contributed by atoms with van der Waals surface area (Å²) in [5.74, 6) is -1.77. The normalized spacial score (nSPS) is 11.6. The van der Waals surface area contributed by atoms with Gasteiger partial charge in [0.1, 0.15) is 16.9 Å². The zero-order valence-corrected chi connectivity index (χ0v) is 14.6. The molecule has 0 aliphatic heterocycles. The maximum atomic E-state index is 13.6. The number of carbonyl (C=O) groups is 2. The Morgan fingerprint density at radius 1 is 1.04 bits per heavy atom. The molecule has 6 nitrogen and oxygen atoms in total. The van der Waals surface area contributed by atoms with Gasteiger partial charge in [0.2, 0.25) is 11.0 Å². The van der Waals surface area contributed by atoms with Crippen LogP contribution in [-0.2, 0) is 4.79 Å². The van der Waals surface area contributed by atoms with E-state index in [4.69, 9.17) is 0 Å². The second-order valence-corrected chi connectivity index (χ2v) is 6.42. The SMILES string of the molecule is C[C@@H](NC(=O)c1ccccc1F)C(=O)Nc1nnc(-c2ccccc2)s1. The van der Waals surface area contributed by atoms with E-state index >= 15 is 0 Å². The third kappa shape index (κ3) is 4.09. The van der Waals surface area contributed by atoms with Crippen LogP contribution < -0.4 is 10.6 Å². The van der Waals surface area contributed by atoms with E-state index in [-0.39, 0.29) is 5.56 Å². The smallest absolute Gasteiger partial charge is 0.254 e. The molecule has 0 saturated heterocycles. The Kier molecular flexibility index (Phi) is 5.33. The molecular weight excluding hydrogens is 355 g/mol. The zero-order valence-electron chi connectivity index (χ0n) is 13.8. The second kappa shape index (κ2) is 7.83. The van der Waals surface area contributed by atoms with Gasteiger partial charge >= 0.3 is 0 Å². The van der Waals surface area contributed by atoms with Gasteiger partial charge in [0, 0.05) is 5.56 Å². The van der Waals surface area contributed by atoms with Gasteiger partial charge in [-0.15, -0.1) is 10.2 Å². The summed E-state index contributed by atoms with van der Waals surface area (Å²) in [6.07, 6.45) is 0. The Morgan fingerprint density at radius 2 is 1.73 bits per heavy atom. The van der Waals surface area contributed by atoms with Gasteiger partial charge in [0.05, 0.1) is 5.56 Å². The molecule has 0 saturated carbocycles. The highest BCUT2D eigenvalue weighted by molar-refractivity contribution is 7.18. The lowest BCUT2D eigenvalue weighted by molar-refractivity contribution is -0.117. The van der Waals surface area contributed by atoms with E-state index in [0.29, 0.717) is 10.1 Å². The highest BCUT2D eigenvalue weighted by Gasteiger charge is 2.20. The summed E-state index contributed by atoms with van der Waals surface area (Å²) in [5.41, 5.74) is 0.779. The van der Waals surface area contributed by atoms with Crippen molar-refractivity contribution in [3.63, 3.8) is 0 Å². The lowest BCUT2D eigenvalue weighted by Gasteiger charge is -2.13. The third-order valence-corrected chi connectivity index (χ3v) is 4.42. The van der Waals surface area contributed by atoms with E-state index < -0.39 is 23.7 Å². The number of hydrogen-bond donors (Lipinski definition) is 2. The Bertz CT molecular complexity index is 930. The number of rotatable bonds is 5. The van der Waals surface area contributed by atoms with Crippen LogP contribution in [0.2, 0.25) is 0 Å². The van der Waals surface area contributed by atoms with Gasteiger partial charge in [-0.25, -0.2) is 4.39 Å². The Balaban J connectivity index is 1.62. The molecular formula is C18H15FN4O2S. The minimum atomic E-state index is -0.869. The average molecular weight is 370 g/mol. The topological polar surface area (TPSA) is 84.0 Å². The number of nitrogens with one attached hydrogen (secondary N) is 2. The molecule has 26 heavy (non-hydrogen) atoms. The molecule has 3 aromatic rings. The van der Waals surface area contributed by atoms with Gasteiger partial charge in [-0.1, -0.05) is 53.8 Å². The summed E-state index contributed by atoms with van der Waals surface area (Å²) < 4.78 is 13.6. The quantitative estimate of drug-likeness (QED) is 0.723. The number of aromatic nitrogens is 2. The van der Waals surface area contributed by atoms with Gasteiger partial charge < -0.3 is 5.32 Å². The summed E-state index contributed by atoms with van der Waals surface area (Å²) in [6.45, 7) is 1.51. The van der Waals surface area contributed by atoms with Gasteiger partial charge in [-0.2, -0.15) is 0 Å². The standard InChI is InChI=1S/C18H15FN4O2S/c1-11(20-16(25)13-9-5-6-10-14(13)19)15(24)21-18-23-22-17(26-18)12-7-3-2-4-8-12/h2-11H,1H3,(H,20,25)(H,21,23,24)/t11-/m1/s1. The monoisotopic (exact) mass is 370 g/mol. The minimum absolute atomic E-state index is 0.116. The Morgan fingerprint density at radius 3 is 2.46 bits per heavy atom. The fourth-order valence-corrected chi connectivity index (χ4v) is 2.92. The molecule has 2 aromatic carbocycles. The molecule has 1 aromatic heterocycles. The van der Waals surface area contributed by atoms with E-state index in [1.165, 1.54) is 36.5 Å². The third-order valence-electron chi connectivity index (χ3n) is 3.54. The van der Waals surface area contributed by atoms with Crippen LogP contribution in [0.15, 0.2) is 54.6 Å². The fourth-order valence-electron chi connectivity index (χ4n) is 2.17. The van der Waals surface area contributed by atoms with Crippen molar-refractivity contribution in [2.24, 2.45) is 0 Å². The van der Waals surface area contributed by atoms with Gasteiger partial charge in [-0.05, 0) is 19.1 Å². The van der Waals surface area contributed by atoms with Crippen LogP contribution in [0.25, 0.3) is 10.6 Å². The van der Waals surface area contributed by atoms with Crippen LogP contribution in [-0.4, -0.2) is 28.1 Å². The molecule has 0 spiro atoms. The molecule has 132 valence electrons. The van der Waals surface area contributed by atoms with Crippen LogP contribution >= 0.6 is 11.3 Å². The Labute approximate surface area is 153 Å². The highest BCUT2D eigenvalue weighted by atomic mass is 32.1. The van der Waals surface area contributed by atoms with Crippen LogP contribution in [0, 0.1) is 5.82 Å². The zero-order chi connectivity index (χ0) is 18.5. The van der Waals surface area contributed by atoms with E-state index in [0.717, 1.165) is 5.56 Å². The number of carbonyl (C=O) groups excluding carboxylic acids is 2. The van der Waals surface area contributed by atoms with Crippen LogP contribution in [0.5, 0.6) is 0 Å². The summed E-state index contributed by atoms with van der Waals surface area (Å²) in [6, 6.07) is 14.2. The van der Waals surface area contributed by atoms with E-state index in [9.17, 15) is 14.0 Å². The second-order valence-electron chi connectivity index (χ2n) is 5.44. The number of benzene rings is 2. The molecule has 0 aliphatic carbocycles. The predicted octanol–water partition coefficient (Wildman–Crippen LogP) is 3.10. The van der Waals surface area contributed by atoms with Crippen molar-refractivity contribution in [3.8, 4) is 10.6 Å². The molecule has 2 N–H and O–H groups in total. The first kappa shape index (κ1) is 17.7. The number of nitrogens with zero attached hydrogens (tertiary/aromatic N) is 2. The van der Waals surface area contributed by atoms with Crippen LogP contribution in [0.3, 0.4) is 0 Å². The van der Waals surface area contributed by atoms with Crippen molar-refractivity contribution in [1.82, 2.24) is 15.5 Å². The van der Waals surface area contributed by atoms with E-state index in [2.05, 4.69) is 20.8 Å². The molecule has 0 radical (unpaired) electrons. The fraction of sp³-hybridized carbons (Fsp3) is 0.111. The van der Waals surface area contributed by atoms with Gasteiger partial charge in [0.25, 0.3) is 5.91 Å². The van der Waals surface area contributed by atoms with Crippen molar-refractivity contribution in [2.45, 2.75) is 13.0 Å². The van der Waals surface area contributed by atoms with Crippen LogP contribution in [0.1, 0.15) is 17.3 Å². The largest absolute Gasteiger partial charge is 0.340 e. The Hall–Kier alpha value is -3.13. The minimum Gasteiger partial charge on any atom is -0.340 e. The lowest BCUT2D eigenvalue weighted by atomic mass is 10.2. The highest BCUT2D eigenvalue weighted by Crippen LogP contribution is 2.25. The van der Waals surface area contributed by atoms with Crippen molar-refractivity contribution in [2.75, 3.05) is 5.32 Å². The summed E-state index contributed by atoms with van der Waals surface area (Å²) in [4.78, 5) is 24.3. The molecule has 1 heterocycles. The van der Waals surface area contributed by atoms with Crippen molar-refractivity contribution < 1.29 is 14.0 Å². The van der Waals surface area contributed by atoms with Crippen molar-refractivity contribution in [1.29, 1.82) is 0 Å². The lowest BCUT2D eigenvalue weighted by Crippen LogP contribution is -2.41. The predicted molar refractivity (Wildman–Crippen MR) is 97.3 cm³/mol. The molecule has 0 fully saturated rings. The van der Waals surface area contributed by atoms with E-state index in [1.54, 1.807) is 6.07 Å². The molecule has 0 unspecified atom stereocenters. The van der Waals surface area contributed by atoms with Gasteiger partial charge in [-0.3, -0.25) is 14.9 Å². The first-order valence-electron chi connectivity index (χ1n) is 7.80. The molecule has 1 atom stereocenters.